The van der Waals surface area contributed by atoms with E-state index in [4.69, 9.17) is 4.74 Å². The number of likely N-dealkylation sites (tertiary alicyclic amines) is 1. The summed E-state index contributed by atoms with van der Waals surface area (Å²) in [5.41, 5.74) is 2.97. The van der Waals surface area contributed by atoms with Crippen LogP contribution in [0.15, 0.2) is 54.6 Å². The van der Waals surface area contributed by atoms with Crippen LogP contribution in [0.25, 0.3) is 11.1 Å². The first-order valence-electron chi connectivity index (χ1n) is 10.1. The van der Waals surface area contributed by atoms with E-state index in [0.717, 1.165) is 11.1 Å². The molecular formula is C23H27N3O3. The predicted octanol–water partition coefficient (Wildman–Crippen LogP) is 4.04. The van der Waals surface area contributed by atoms with Crippen LogP contribution >= 0.6 is 0 Å². The maximum atomic E-state index is 12.7. The summed E-state index contributed by atoms with van der Waals surface area (Å²) in [5, 5.41) is 3.09. The molecule has 2 aromatic rings. The number of amides is 3. The van der Waals surface area contributed by atoms with Crippen molar-refractivity contribution in [2.45, 2.75) is 31.4 Å². The molecule has 3 amide bonds. The Morgan fingerprint density at radius 2 is 1.66 bits per heavy atom. The number of urea groups is 1. The van der Waals surface area contributed by atoms with Crippen LogP contribution in [0.3, 0.4) is 0 Å². The summed E-state index contributed by atoms with van der Waals surface area (Å²) in [6, 6.07) is 18.4. The number of piperidine rings is 1. The van der Waals surface area contributed by atoms with E-state index in [0.29, 0.717) is 32.5 Å². The van der Waals surface area contributed by atoms with Gasteiger partial charge in [-0.1, -0.05) is 54.6 Å². The molecule has 6 heteroatoms. The third kappa shape index (κ3) is 4.06. The molecule has 2 saturated heterocycles. The lowest BCUT2D eigenvalue weighted by Crippen LogP contribution is -2.51. The summed E-state index contributed by atoms with van der Waals surface area (Å²) in [7, 11) is 1.75. The first-order chi connectivity index (χ1) is 14.0. The van der Waals surface area contributed by atoms with Crippen LogP contribution in [-0.4, -0.2) is 54.2 Å². The number of carbonyl (C=O) groups excluding carboxylic acids is 2. The zero-order chi connectivity index (χ0) is 20.4. The molecule has 1 N–H and O–H groups in total. The van der Waals surface area contributed by atoms with Crippen molar-refractivity contribution < 1.29 is 14.3 Å². The summed E-state index contributed by atoms with van der Waals surface area (Å²) >= 11 is 0. The number of carbonyl (C=O) groups is 2. The highest BCUT2D eigenvalue weighted by Gasteiger charge is 2.46. The Morgan fingerprint density at radius 3 is 2.24 bits per heavy atom. The molecule has 0 aliphatic carbocycles. The number of rotatable bonds is 3. The first-order valence-corrected chi connectivity index (χ1v) is 10.1. The second kappa shape index (κ2) is 7.78. The van der Waals surface area contributed by atoms with E-state index in [-0.39, 0.29) is 18.2 Å². The van der Waals surface area contributed by atoms with Crippen molar-refractivity contribution >= 4 is 12.1 Å². The molecule has 1 atom stereocenters. The number of nitrogens with zero attached hydrogens (tertiary/aromatic N) is 2. The van der Waals surface area contributed by atoms with Crippen LogP contribution in [-0.2, 0) is 4.74 Å². The standard InChI is InChI=1S/C23H27N3O3/c1-17(18-8-10-20(11-9-18)19-6-4-3-5-7-19)24-21(27)26-14-12-23(13-15-26)16-25(2)22(28)29-23/h3-11,17H,12-16H2,1-2H3,(H,24,27). The highest BCUT2D eigenvalue weighted by atomic mass is 16.6. The third-order valence-electron chi connectivity index (χ3n) is 5.96. The lowest BCUT2D eigenvalue weighted by Gasteiger charge is -2.37. The fourth-order valence-corrected chi connectivity index (χ4v) is 4.12. The van der Waals surface area contributed by atoms with Crippen LogP contribution < -0.4 is 5.32 Å². The third-order valence-corrected chi connectivity index (χ3v) is 5.96. The maximum Gasteiger partial charge on any atom is 0.410 e. The van der Waals surface area contributed by atoms with Crippen molar-refractivity contribution in [2.75, 3.05) is 26.7 Å². The SMILES string of the molecule is CC(NC(=O)N1CCC2(CC1)CN(C)C(=O)O2)c1ccc(-c2ccccc2)cc1. The molecule has 6 nitrogen and oxygen atoms in total. The molecule has 1 spiro atoms. The topological polar surface area (TPSA) is 61.9 Å². The molecule has 2 aliphatic rings. The molecule has 2 aromatic carbocycles. The van der Waals surface area contributed by atoms with Crippen molar-refractivity contribution in [2.24, 2.45) is 0 Å². The minimum absolute atomic E-state index is 0.0721. The Labute approximate surface area is 171 Å². The van der Waals surface area contributed by atoms with Crippen LogP contribution in [0.5, 0.6) is 0 Å². The van der Waals surface area contributed by atoms with E-state index in [9.17, 15) is 9.59 Å². The van der Waals surface area contributed by atoms with Crippen molar-refractivity contribution in [1.29, 1.82) is 0 Å². The fourth-order valence-electron chi connectivity index (χ4n) is 4.12. The van der Waals surface area contributed by atoms with Gasteiger partial charge in [0.2, 0.25) is 0 Å². The summed E-state index contributed by atoms with van der Waals surface area (Å²) in [4.78, 5) is 27.8. The Hall–Kier alpha value is -3.02. The summed E-state index contributed by atoms with van der Waals surface area (Å²) in [5.74, 6) is 0. The van der Waals surface area contributed by atoms with E-state index in [2.05, 4.69) is 41.7 Å². The van der Waals surface area contributed by atoms with E-state index in [1.54, 1.807) is 11.9 Å². The van der Waals surface area contributed by atoms with E-state index in [1.807, 2.05) is 30.0 Å². The van der Waals surface area contributed by atoms with Gasteiger partial charge < -0.3 is 19.9 Å². The average Bonchev–Trinajstić information content (AvgIpc) is 3.02. The van der Waals surface area contributed by atoms with Crippen molar-refractivity contribution in [3.8, 4) is 11.1 Å². The van der Waals surface area contributed by atoms with Gasteiger partial charge >= 0.3 is 12.1 Å². The van der Waals surface area contributed by atoms with Crippen molar-refractivity contribution in [3.05, 3.63) is 60.2 Å². The molecular weight excluding hydrogens is 366 g/mol. The van der Waals surface area contributed by atoms with Gasteiger partial charge in [-0.25, -0.2) is 9.59 Å². The molecule has 1 unspecified atom stereocenters. The lowest BCUT2D eigenvalue weighted by atomic mass is 9.91. The number of likely N-dealkylation sites (N-methyl/N-ethyl adjacent to an activating group) is 1. The van der Waals surface area contributed by atoms with Crippen molar-refractivity contribution in [3.63, 3.8) is 0 Å². The Bertz CT molecular complexity index is 874. The zero-order valence-corrected chi connectivity index (χ0v) is 16.9. The Balaban J connectivity index is 1.32. The molecule has 4 rings (SSSR count). The van der Waals surface area contributed by atoms with Crippen LogP contribution in [0, 0.1) is 0 Å². The Morgan fingerprint density at radius 1 is 1.03 bits per heavy atom. The molecule has 2 aliphatic heterocycles. The molecule has 152 valence electrons. The summed E-state index contributed by atoms with van der Waals surface area (Å²) in [6.45, 7) is 3.78. The minimum Gasteiger partial charge on any atom is -0.441 e. The van der Waals surface area contributed by atoms with Crippen molar-refractivity contribution in [1.82, 2.24) is 15.1 Å². The normalized spacial score (nSPS) is 19.2. The summed E-state index contributed by atoms with van der Waals surface area (Å²) in [6.07, 6.45) is 1.09. The monoisotopic (exact) mass is 393 g/mol. The van der Waals surface area contributed by atoms with Gasteiger partial charge in [0.25, 0.3) is 0 Å². The summed E-state index contributed by atoms with van der Waals surface area (Å²) < 4.78 is 5.56. The van der Waals surface area contributed by atoms with Gasteiger partial charge in [-0.3, -0.25) is 0 Å². The fraction of sp³-hybridized carbons (Fsp3) is 0.391. The second-order valence-electron chi connectivity index (χ2n) is 8.05. The van der Waals surface area contributed by atoms with Crippen LogP contribution in [0.2, 0.25) is 0 Å². The molecule has 0 saturated carbocycles. The van der Waals surface area contributed by atoms with E-state index < -0.39 is 5.60 Å². The average molecular weight is 393 g/mol. The highest BCUT2D eigenvalue weighted by molar-refractivity contribution is 5.75. The first kappa shape index (κ1) is 19.3. The van der Waals surface area contributed by atoms with Gasteiger partial charge in [-0.05, 0) is 23.6 Å². The van der Waals surface area contributed by atoms with Gasteiger partial charge in [0.1, 0.15) is 5.60 Å². The van der Waals surface area contributed by atoms with Gasteiger partial charge in [0.15, 0.2) is 0 Å². The quantitative estimate of drug-likeness (QED) is 0.856. The molecule has 0 radical (unpaired) electrons. The molecule has 0 aromatic heterocycles. The maximum absolute atomic E-state index is 12.7. The molecule has 2 heterocycles. The van der Waals surface area contributed by atoms with Gasteiger partial charge in [0, 0.05) is 33.0 Å². The predicted molar refractivity (Wildman–Crippen MR) is 111 cm³/mol. The smallest absolute Gasteiger partial charge is 0.410 e. The number of benzene rings is 2. The Kier molecular flexibility index (Phi) is 5.18. The van der Waals surface area contributed by atoms with Gasteiger partial charge in [-0.2, -0.15) is 0 Å². The van der Waals surface area contributed by atoms with Gasteiger partial charge in [-0.15, -0.1) is 0 Å². The zero-order valence-electron chi connectivity index (χ0n) is 16.9. The van der Waals surface area contributed by atoms with Crippen LogP contribution in [0.1, 0.15) is 31.4 Å². The molecule has 0 bridgehead atoms. The van der Waals surface area contributed by atoms with Crippen LogP contribution in [0.4, 0.5) is 9.59 Å². The molecule has 29 heavy (non-hydrogen) atoms. The minimum atomic E-state index is -0.429. The second-order valence-corrected chi connectivity index (χ2v) is 8.05. The number of ether oxygens (including phenoxy) is 1. The number of hydrogen-bond acceptors (Lipinski definition) is 3. The highest BCUT2D eigenvalue weighted by Crippen LogP contribution is 2.32. The number of hydrogen-bond donors (Lipinski definition) is 1. The molecule has 2 fully saturated rings. The largest absolute Gasteiger partial charge is 0.441 e. The van der Waals surface area contributed by atoms with E-state index >= 15 is 0 Å². The number of nitrogens with one attached hydrogen (secondary N) is 1. The van der Waals surface area contributed by atoms with E-state index in [1.165, 1.54) is 5.56 Å². The lowest BCUT2D eigenvalue weighted by molar-refractivity contribution is 0.00947. The van der Waals surface area contributed by atoms with Gasteiger partial charge in [0.05, 0.1) is 12.6 Å².